The molecule has 1 N–H and O–H groups in total. The van der Waals surface area contributed by atoms with Crippen LogP contribution in [0.15, 0.2) is 58.6 Å². The molecule has 0 radical (unpaired) electrons. The predicted octanol–water partition coefficient (Wildman–Crippen LogP) is 2.57. The number of para-hydroxylation sites is 2. The Morgan fingerprint density at radius 3 is 2.71 bits per heavy atom. The van der Waals surface area contributed by atoms with E-state index in [2.05, 4.69) is 11.9 Å². The van der Waals surface area contributed by atoms with Crippen molar-refractivity contribution >= 4 is 33.0 Å². The number of hydrogen-bond acceptors (Lipinski definition) is 5. The van der Waals surface area contributed by atoms with Crippen LogP contribution < -0.4 is 10.1 Å². The summed E-state index contributed by atoms with van der Waals surface area (Å²) in [6.45, 7) is 3.29. The van der Waals surface area contributed by atoms with Crippen molar-refractivity contribution < 1.29 is 17.9 Å². The molecular formula is C16H18N2O4S2. The van der Waals surface area contributed by atoms with Crippen molar-refractivity contribution in [3.05, 3.63) is 54.4 Å². The van der Waals surface area contributed by atoms with E-state index in [-0.39, 0.29) is 17.3 Å². The van der Waals surface area contributed by atoms with Crippen LogP contribution in [0.2, 0.25) is 0 Å². The smallest absolute Gasteiger partial charge is 0.253 e. The summed E-state index contributed by atoms with van der Waals surface area (Å²) >= 11 is 1.11. The number of anilines is 1. The molecule has 1 aromatic heterocycles. The van der Waals surface area contributed by atoms with Gasteiger partial charge < -0.3 is 10.1 Å². The monoisotopic (exact) mass is 366 g/mol. The van der Waals surface area contributed by atoms with Crippen molar-refractivity contribution in [2.24, 2.45) is 0 Å². The van der Waals surface area contributed by atoms with E-state index in [1.54, 1.807) is 35.7 Å². The number of rotatable bonds is 8. The minimum absolute atomic E-state index is 0.0412. The van der Waals surface area contributed by atoms with E-state index in [9.17, 15) is 13.2 Å². The van der Waals surface area contributed by atoms with Crippen molar-refractivity contribution in [2.45, 2.75) is 4.21 Å². The van der Waals surface area contributed by atoms with E-state index in [0.717, 1.165) is 15.6 Å². The molecule has 24 heavy (non-hydrogen) atoms. The Hall–Kier alpha value is -2.16. The zero-order valence-electron chi connectivity index (χ0n) is 13.1. The molecule has 128 valence electrons. The maximum Gasteiger partial charge on any atom is 0.253 e. The number of amides is 1. The van der Waals surface area contributed by atoms with E-state index in [1.807, 2.05) is 0 Å². The summed E-state index contributed by atoms with van der Waals surface area (Å²) in [4.78, 5) is 12.3. The lowest BCUT2D eigenvalue weighted by atomic mass is 10.3. The summed E-state index contributed by atoms with van der Waals surface area (Å²) in [7, 11) is -2.24. The van der Waals surface area contributed by atoms with Gasteiger partial charge in [-0.15, -0.1) is 17.9 Å². The molecule has 0 aliphatic carbocycles. The number of hydrogen-bond donors (Lipinski definition) is 1. The zero-order valence-corrected chi connectivity index (χ0v) is 14.8. The molecule has 0 fully saturated rings. The van der Waals surface area contributed by atoms with Crippen molar-refractivity contribution in [2.75, 3.05) is 25.5 Å². The highest BCUT2D eigenvalue weighted by atomic mass is 32.2. The molecule has 0 saturated heterocycles. The molecule has 1 aromatic carbocycles. The van der Waals surface area contributed by atoms with E-state index in [0.29, 0.717) is 11.4 Å². The molecule has 6 nitrogen and oxygen atoms in total. The van der Waals surface area contributed by atoms with Gasteiger partial charge in [0, 0.05) is 6.54 Å². The van der Waals surface area contributed by atoms with Gasteiger partial charge >= 0.3 is 0 Å². The van der Waals surface area contributed by atoms with Crippen molar-refractivity contribution in [3.8, 4) is 5.75 Å². The Bertz CT molecular complexity index is 801. The Morgan fingerprint density at radius 1 is 1.33 bits per heavy atom. The molecule has 0 atom stereocenters. The van der Waals surface area contributed by atoms with E-state index < -0.39 is 15.9 Å². The number of nitrogens with zero attached hydrogens (tertiary/aromatic N) is 1. The van der Waals surface area contributed by atoms with Crippen molar-refractivity contribution in [1.82, 2.24) is 4.31 Å². The highest BCUT2D eigenvalue weighted by Crippen LogP contribution is 2.24. The van der Waals surface area contributed by atoms with Crippen LogP contribution in [0.3, 0.4) is 0 Å². The molecule has 1 amide bonds. The Kier molecular flexibility index (Phi) is 6.13. The second kappa shape index (κ2) is 8.09. The van der Waals surface area contributed by atoms with Crippen LogP contribution in [0, 0.1) is 0 Å². The number of benzene rings is 1. The Labute approximate surface area is 145 Å². The van der Waals surface area contributed by atoms with Gasteiger partial charge in [0.2, 0.25) is 5.91 Å². The van der Waals surface area contributed by atoms with Crippen LogP contribution in [0.25, 0.3) is 0 Å². The van der Waals surface area contributed by atoms with Crippen molar-refractivity contribution in [1.29, 1.82) is 0 Å². The highest BCUT2D eigenvalue weighted by molar-refractivity contribution is 7.91. The lowest BCUT2D eigenvalue weighted by Gasteiger charge is -2.19. The molecule has 0 saturated carbocycles. The summed E-state index contributed by atoms with van der Waals surface area (Å²) in [5.74, 6) is 0.0451. The normalized spacial score (nSPS) is 11.2. The number of carbonyl (C=O) groups excluding carboxylic acids is 1. The first-order chi connectivity index (χ1) is 11.5. The van der Waals surface area contributed by atoms with E-state index >= 15 is 0 Å². The average Bonchev–Trinajstić information content (AvgIpc) is 3.10. The highest BCUT2D eigenvalue weighted by Gasteiger charge is 2.26. The first-order valence-corrected chi connectivity index (χ1v) is 9.38. The van der Waals surface area contributed by atoms with Crippen molar-refractivity contribution in [3.63, 3.8) is 0 Å². The van der Waals surface area contributed by atoms with E-state index in [4.69, 9.17) is 4.74 Å². The second-order valence-electron chi connectivity index (χ2n) is 4.77. The third-order valence-corrected chi connectivity index (χ3v) is 6.31. The van der Waals surface area contributed by atoms with Crippen LogP contribution in [0.4, 0.5) is 5.69 Å². The lowest BCUT2D eigenvalue weighted by Crippen LogP contribution is -2.37. The summed E-state index contributed by atoms with van der Waals surface area (Å²) in [6, 6.07) is 10.1. The van der Waals surface area contributed by atoms with Gasteiger partial charge in [-0.3, -0.25) is 4.79 Å². The predicted molar refractivity (Wildman–Crippen MR) is 94.9 cm³/mol. The van der Waals surface area contributed by atoms with Crippen LogP contribution in [-0.2, 0) is 14.8 Å². The molecule has 0 unspecified atom stereocenters. The first-order valence-electron chi connectivity index (χ1n) is 7.06. The van der Waals surface area contributed by atoms with Gasteiger partial charge in [-0.1, -0.05) is 24.3 Å². The van der Waals surface area contributed by atoms with Crippen LogP contribution in [0.5, 0.6) is 5.75 Å². The maximum atomic E-state index is 12.6. The van der Waals surface area contributed by atoms with Gasteiger partial charge in [0.25, 0.3) is 10.0 Å². The molecule has 8 heteroatoms. The Morgan fingerprint density at radius 2 is 2.08 bits per heavy atom. The standard InChI is InChI=1S/C16H18N2O4S2/c1-3-10-18(24(20,21)16-9-6-11-23-16)12-15(19)17-13-7-4-5-8-14(13)22-2/h3-9,11H,1,10,12H2,2H3,(H,17,19). The molecule has 1 heterocycles. The third-order valence-electron chi connectivity index (χ3n) is 3.12. The van der Waals surface area contributed by atoms with E-state index in [1.165, 1.54) is 19.3 Å². The van der Waals surface area contributed by atoms with Crippen LogP contribution >= 0.6 is 11.3 Å². The first kappa shape index (κ1) is 18.2. The maximum absolute atomic E-state index is 12.6. The quantitative estimate of drug-likeness (QED) is 0.729. The molecular weight excluding hydrogens is 348 g/mol. The van der Waals surface area contributed by atoms with Gasteiger partial charge in [-0.05, 0) is 23.6 Å². The Balaban J connectivity index is 2.16. The topological polar surface area (TPSA) is 75.7 Å². The molecule has 0 aliphatic heterocycles. The second-order valence-corrected chi connectivity index (χ2v) is 7.88. The molecule has 2 rings (SSSR count). The molecule has 0 spiro atoms. The van der Waals surface area contributed by atoms with Gasteiger partial charge in [0.15, 0.2) is 0 Å². The third kappa shape index (κ3) is 4.22. The number of ether oxygens (including phenoxy) is 1. The van der Waals surface area contributed by atoms with Gasteiger partial charge in [-0.2, -0.15) is 4.31 Å². The molecule has 0 bridgehead atoms. The number of carbonyl (C=O) groups is 1. The van der Waals surface area contributed by atoms with Gasteiger partial charge in [0.1, 0.15) is 9.96 Å². The minimum atomic E-state index is -3.73. The van der Waals surface area contributed by atoms with Gasteiger partial charge in [0.05, 0.1) is 19.3 Å². The number of methoxy groups -OCH3 is 1. The number of nitrogens with one attached hydrogen (secondary N) is 1. The summed E-state index contributed by atoms with van der Waals surface area (Å²) in [5, 5.41) is 4.34. The minimum Gasteiger partial charge on any atom is -0.495 e. The largest absolute Gasteiger partial charge is 0.495 e. The summed E-state index contributed by atoms with van der Waals surface area (Å²) in [5.41, 5.74) is 0.483. The average molecular weight is 366 g/mol. The SMILES string of the molecule is C=CCN(CC(=O)Nc1ccccc1OC)S(=O)(=O)c1cccs1. The van der Waals surface area contributed by atoms with Crippen LogP contribution in [0.1, 0.15) is 0 Å². The van der Waals surface area contributed by atoms with Crippen LogP contribution in [-0.4, -0.2) is 38.8 Å². The van der Waals surface area contributed by atoms with Gasteiger partial charge in [-0.25, -0.2) is 8.42 Å². The number of thiophene rings is 1. The number of sulfonamides is 1. The molecule has 0 aliphatic rings. The summed E-state index contributed by atoms with van der Waals surface area (Å²) < 4.78 is 31.6. The zero-order chi connectivity index (χ0) is 17.6. The fourth-order valence-corrected chi connectivity index (χ4v) is 4.54. The lowest BCUT2D eigenvalue weighted by molar-refractivity contribution is -0.116. The molecule has 2 aromatic rings. The summed E-state index contributed by atoms with van der Waals surface area (Å²) in [6.07, 6.45) is 1.45. The fourth-order valence-electron chi connectivity index (χ4n) is 2.03. The fraction of sp³-hybridized carbons (Fsp3) is 0.188.